The van der Waals surface area contributed by atoms with Crippen LogP contribution in [-0.4, -0.2) is 48.6 Å². The normalized spacial score (nSPS) is 11.0. The predicted molar refractivity (Wildman–Crippen MR) is 91.2 cm³/mol. The Morgan fingerprint density at radius 2 is 1.57 bits per heavy atom. The van der Waals surface area contributed by atoms with Gasteiger partial charge in [-0.05, 0) is 46.8 Å². The minimum atomic E-state index is 0.924. The van der Waals surface area contributed by atoms with Crippen LogP contribution in [0.2, 0.25) is 0 Å². The summed E-state index contributed by atoms with van der Waals surface area (Å²) >= 11 is 0. The first-order chi connectivity index (χ1) is 10.1. The molecule has 5 nitrogen and oxygen atoms in total. The molecule has 0 amide bonds. The molecule has 0 atom stereocenters. The molecule has 2 N–H and O–H groups in total. The summed E-state index contributed by atoms with van der Waals surface area (Å²) in [5.41, 5.74) is 1.12. The first-order valence-electron chi connectivity index (χ1n) is 8.08. The topological polar surface area (TPSA) is 53.1 Å². The summed E-state index contributed by atoms with van der Waals surface area (Å²) in [5.74, 6) is 2.88. The summed E-state index contributed by atoms with van der Waals surface area (Å²) < 4.78 is 0. The third-order valence-corrected chi connectivity index (χ3v) is 3.28. The van der Waals surface area contributed by atoms with E-state index in [1.54, 1.807) is 0 Å². The Morgan fingerprint density at radius 1 is 0.952 bits per heavy atom. The molecule has 1 heterocycles. The first-order valence-corrected chi connectivity index (χ1v) is 8.08. The van der Waals surface area contributed by atoms with Gasteiger partial charge in [-0.2, -0.15) is 0 Å². The summed E-state index contributed by atoms with van der Waals surface area (Å²) in [7, 11) is 4.20. The van der Waals surface area contributed by atoms with E-state index in [9.17, 15) is 0 Å². The number of aryl methyl sites for hydroxylation is 1. The highest BCUT2D eigenvalue weighted by atomic mass is 15.1. The number of hydrogen-bond acceptors (Lipinski definition) is 5. The Hall–Kier alpha value is -1.36. The van der Waals surface area contributed by atoms with Gasteiger partial charge in [0, 0.05) is 25.1 Å². The lowest BCUT2D eigenvalue weighted by molar-refractivity contribution is 0.405. The van der Waals surface area contributed by atoms with Crippen molar-refractivity contribution >= 4 is 11.6 Å². The fourth-order valence-electron chi connectivity index (χ4n) is 2.09. The van der Waals surface area contributed by atoms with Crippen LogP contribution < -0.4 is 10.6 Å². The van der Waals surface area contributed by atoms with Gasteiger partial charge in [0.1, 0.15) is 17.5 Å². The van der Waals surface area contributed by atoms with Gasteiger partial charge in [-0.15, -0.1) is 0 Å². The molecule has 0 aliphatic carbocycles. The summed E-state index contributed by atoms with van der Waals surface area (Å²) in [5, 5.41) is 6.88. The van der Waals surface area contributed by atoms with E-state index in [1.165, 1.54) is 0 Å². The SMILES string of the molecule is CCCNc1nc(CCC)nc(NCCCN(C)C)c1C. The van der Waals surface area contributed by atoms with Crippen LogP contribution in [-0.2, 0) is 6.42 Å². The number of aromatic nitrogens is 2. The molecule has 1 aromatic rings. The average molecular weight is 293 g/mol. The molecule has 5 heteroatoms. The molecular formula is C16H31N5. The third-order valence-electron chi connectivity index (χ3n) is 3.28. The van der Waals surface area contributed by atoms with E-state index in [-0.39, 0.29) is 0 Å². The smallest absolute Gasteiger partial charge is 0.134 e. The molecule has 0 aliphatic rings. The third kappa shape index (κ3) is 6.29. The van der Waals surface area contributed by atoms with E-state index >= 15 is 0 Å². The number of rotatable bonds is 10. The van der Waals surface area contributed by atoms with E-state index in [4.69, 9.17) is 0 Å². The molecule has 0 aromatic carbocycles. The van der Waals surface area contributed by atoms with Crippen molar-refractivity contribution in [3.8, 4) is 0 Å². The minimum absolute atomic E-state index is 0.924. The van der Waals surface area contributed by atoms with Crippen LogP contribution in [0.3, 0.4) is 0 Å². The standard InChI is InChI=1S/C16H31N5/c1-6-9-14-19-15(17-10-7-2)13(3)16(20-14)18-11-8-12-21(4)5/h6-12H2,1-5H3,(H2,17,18,19,20). The van der Waals surface area contributed by atoms with Gasteiger partial charge in [-0.25, -0.2) is 9.97 Å². The highest BCUT2D eigenvalue weighted by Gasteiger charge is 2.10. The van der Waals surface area contributed by atoms with Crippen molar-refractivity contribution in [3.05, 3.63) is 11.4 Å². The first kappa shape index (κ1) is 17.7. The van der Waals surface area contributed by atoms with Gasteiger partial charge in [0.05, 0.1) is 0 Å². The number of anilines is 2. The molecule has 0 unspecified atom stereocenters. The molecule has 0 radical (unpaired) electrons. The molecule has 21 heavy (non-hydrogen) atoms. The summed E-state index contributed by atoms with van der Waals surface area (Å²) in [6.07, 6.45) is 4.19. The van der Waals surface area contributed by atoms with Crippen molar-refractivity contribution < 1.29 is 0 Å². The molecule has 1 aromatic heterocycles. The fraction of sp³-hybridized carbons (Fsp3) is 0.750. The molecule has 0 spiro atoms. The van der Waals surface area contributed by atoms with Crippen LogP contribution in [0.25, 0.3) is 0 Å². The van der Waals surface area contributed by atoms with Crippen molar-refractivity contribution in [2.75, 3.05) is 44.4 Å². The van der Waals surface area contributed by atoms with E-state index < -0.39 is 0 Å². The zero-order valence-corrected chi connectivity index (χ0v) is 14.3. The molecule has 1 rings (SSSR count). The Morgan fingerprint density at radius 3 is 2.10 bits per heavy atom. The summed E-state index contributed by atoms with van der Waals surface area (Å²) in [6.45, 7) is 9.38. The van der Waals surface area contributed by atoms with Crippen LogP contribution in [0.15, 0.2) is 0 Å². The van der Waals surface area contributed by atoms with Gasteiger partial charge in [-0.3, -0.25) is 0 Å². The van der Waals surface area contributed by atoms with E-state index in [2.05, 4.69) is 60.4 Å². The second-order valence-electron chi connectivity index (χ2n) is 5.72. The molecular weight excluding hydrogens is 262 g/mol. The zero-order valence-electron chi connectivity index (χ0n) is 14.3. The van der Waals surface area contributed by atoms with Crippen molar-refractivity contribution in [1.29, 1.82) is 0 Å². The minimum Gasteiger partial charge on any atom is -0.370 e. The zero-order chi connectivity index (χ0) is 15.7. The maximum Gasteiger partial charge on any atom is 0.134 e. The van der Waals surface area contributed by atoms with Crippen LogP contribution in [0.5, 0.6) is 0 Å². The number of hydrogen-bond donors (Lipinski definition) is 2. The molecule has 0 saturated heterocycles. The molecule has 0 bridgehead atoms. The number of nitrogens with zero attached hydrogens (tertiary/aromatic N) is 3. The number of nitrogens with one attached hydrogen (secondary N) is 2. The quantitative estimate of drug-likeness (QED) is 0.650. The van der Waals surface area contributed by atoms with Crippen LogP contribution in [0, 0.1) is 6.92 Å². The Labute approximate surface area is 129 Å². The van der Waals surface area contributed by atoms with Crippen LogP contribution >= 0.6 is 0 Å². The van der Waals surface area contributed by atoms with Gasteiger partial charge in [0.15, 0.2) is 0 Å². The van der Waals surface area contributed by atoms with E-state index in [1.807, 2.05) is 0 Å². The van der Waals surface area contributed by atoms with E-state index in [0.717, 1.165) is 68.3 Å². The largest absolute Gasteiger partial charge is 0.370 e. The van der Waals surface area contributed by atoms with Gasteiger partial charge < -0.3 is 15.5 Å². The molecule has 0 fully saturated rings. The van der Waals surface area contributed by atoms with Crippen LogP contribution in [0.4, 0.5) is 11.6 Å². The Kier molecular flexibility index (Phi) is 8.05. The lowest BCUT2D eigenvalue weighted by Gasteiger charge is -2.15. The highest BCUT2D eigenvalue weighted by Crippen LogP contribution is 2.20. The predicted octanol–water partition coefficient (Wildman–Crippen LogP) is 2.92. The van der Waals surface area contributed by atoms with Crippen LogP contribution in [0.1, 0.15) is 44.5 Å². The van der Waals surface area contributed by atoms with Gasteiger partial charge in [-0.1, -0.05) is 13.8 Å². The Bertz CT molecular complexity index is 417. The van der Waals surface area contributed by atoms with Crippen molar-refractivity contribution in [2.24, 2.45) is 0 Å². The second-order valence-corrected chi connectivity index (χ2v) is 5.72. The van der Waals surface area contributed by atoms with Gasteiger partial charge in [0.2, 0.25) is 0 Å². The Balaban J connectivity index is 2.76. The highest BCUT2D eigenvalue weighted by molar-refractivity contribution is 5.57. The van der Waals surface area contributed by atoms with Gasteiger partial charge >= 0.3 is 0 Å². The second kappa shape index (κ2) is 9.55. The maximum atomic E-state index is 4.67. The average Bonchev–Trinajstić information content (AvgIpc) is 2.44. The molecule has 120 valence electrons. The summed E-state index contributed by atoms with van der Waals surface area (Å²) in [6, 6.07) is 0. The summed E-state index contributed by atoms with van der Waals surface area (Å²) in [4.78, 5) is 11.5. The fourth-order valence-corrected chi connectivity index (χ4v) is 2.09. The lowest BCUT2D eigenvalue weighted by Crippen LogP contribution is -2.18. The molecule has 0 saturated carbocycles. The maximum absolute atomic E-state index is 4.67. The molecule has 0 aliphatic heterocycles. The van der Waals surface area contributed by atoms with Crippen molar-refractivity contribution in [2.45, 2.75) is 46.5 Å². The van der Waals surface area contributed by atoms with E-state index in [0.29, 0.717) is 0 Å². The van der Waals surface area contributed by atoms with Crippen molar-refractivity contribution in [1.82, 2.24) is 14.9 Å². The lowest BCUT2D eigenvalue weighted by atomic mass is 10.2. The monoisotopic (exact) mass is 293 g/mol. The van der Waals surface area contributed by atoms with Gasteiger partial charge in [0.25, 0.3) is 0 Å². The van der Waals surface area contributed by atoms with Crippen molar-refractivity contribution in [3.63, 3.8) is 0 Å².